The van der Waals surface area contributed by atoms with E-state index in [2.05, 4.69) is 0 Å². The van der Waals surface area contributed by atoms with E-state index in [1.807, 2.05) is 0 Å². The monoisotopic (exact) mass is 700 g/mol. The van der Waals surface area contributed by atoms with Crippen molar-refractivity contribution in [2.45, 2.75) is 83.1 Å². The molecule has 4 aromatic rings. The Kier molecular flexibility index (Phi) is 9.23. The Morgan fingerprint density at radius 3 is 2.22 bits per heavy atom. The Morgan fingerprint density at radius 1 is 1.02 bits per heavy atom. The van der Waals surface area contributed by atoms with Crippen molar-refractivity contribution in [1.82, 2.24) is 0 Å². The first kappa shape index (κ1) is 35.1. The summed E-state index contributed by atoms with van der Waals surface area (Å²) < 4.78 is 98.6. The minimum atomic E-state index is -4.66. The molecular weight excluding hydrogens is 663 g/mol. The van der Waals surface area contributed by atoms with Gasteiger partial charge in [0.2, 0.25) is 0 Å². The third kappa shape index (κ3) is 7.14. The van der Waals surface area contributed by atoms with Crippen LogP contribution in [0.5, 0.6) is 0 Å². The number of hydrogen-bond donors (Lipinski definition) is 2. The van der Waals surface area contributed by atoms with Gasteiger partial charge in [-0.1, -0.05) is 24.3 Å². The van der Waals surface area contributed by atoms with Crippen LogP contribution >= 0.6 is 0 Å². The lowest BCUT2D eigenvalue weighted by Gasteiger charge is -2.32. The number of furan rings is 1. The fourth-order valence-electron chi connectivity index (χ4n) is 6.21. The number of primary amides is 1. The number of fused-ring (bicyclic) bond motifs is 1. The highest BCUT2D eigenvalue weighted by atomic mass is 32.2. The first-order valence-electron chi connectivity index (χ1n) is 16.0. The number of anilines is 1. The van der Waals surface area contributed by atoms with E-state index >= 15 is 0 Å². The predicted octanol–water partition coefficient (Wildman–Crippen LogP) is 7.03. The Balaban J connectivity index is 1.27. The summed E-state index contributed by atoms with van der Waals surface area (Å²) in [6, 6.07) is 13.2. The maximum absolute atomic E-state index is 14.3. The number of rotatable bonds is 11. The van der Waals surface area contributed by atoms with E-state index in [4.69, 9.17) is 19.5 Å². The average molecular weight is 701 g/mol. The number of nitrogens with two attached hydrogens (primary N) is 1. The molecule has 2 aliphatic rings. The second kappa shape index (κ2) is 12.9. The van der Waals surface area contributed by atoms with Gasteiger partial charge >= 0.3 is 13.3 Å². The summed E-state index contributed by atoms with van der Waals surface area (Å²) in [6.45, 7) is 7.13. The van der Waals surface area contributed by atoms with Crippen molar-refractivity contribution in [2.75, 3.05) is 10.8 Å². The molecule has 0 radical (unpaired) electrons. The van der Waals surface area contributed by atoms with E-state index in [1.165, 1.54) is 22.5 Å². The highest BCUT2D eigenvalue weighted by Crippen LogP contribution is 2.47. The van der Waals surface area contributed by atoms with Gasteiger partial charge in [-0.2, -0.15) is 13.2 Å². The van der Waals surface area contributed by atoms with Crippen molar-refractivity contribution in [3.8, 4) is 0 Å². The number of carbonyl (C=O) groups excluding carboxylic acids is 1. The van der Waals surface area contributed by atoms with Crippen molar-refractivity contribution in [2.24, 2.45) is 5.73 Å². The molecule has 8 nitrogen and oxygen atoms in total. The van der Waals surface area contributed by atoms with Crippen molar-refractivity contribution >= 4 is 46.4 Å². The number of alkyl halides is 3. The lowest BCUT2D eigenvalue weighted by Crippen LogP contribution is -2.41. The topological polar surface area (TPSA) is 115 Å². The van der Waals surface area contributed by atoms with Crippen LogP contribution in [0.1, 0.15) is 91.2 Å². The van der Waals surface area contributed by atoms with Crippen molar-refractivity contribution < 1.29 is 44.8 Å². The highest BCUT2D eigenvalue weighted by Gasteiger charge is 2.53. The van der Waals surface area contributed by atoms with Gasteiger partial charge in [-0.25, -0.2) is 8.60 Å². The maximum atomic E-state index is 14.3. The fourth-order valence-corrected chi connectivity index (χ4v) is 6.82. The lowest BCUT2D eigenvalue weighted by atomic mass is 9.75. The second-order valence-corrected chi connectivity index (χ2v) is 14.6. The van der Waals surface area contributed by atoms with E-state index in [0.717, 1.165) is 24.5 Å². The minimum absolute atomic E-state index is 0.0422. The molecule has 1 aliphatic heterocycles. The molecule has 2 heterocycles. The molecule has 1 saturated heterocycles. The molecular formula is C35H37BF4N2O6S. The first-order valence-corrected chi connectivity index (χ1v) is 17.1. The average Bonchev–Trinajstić information content (AvgIpc) is 3.75. The Hall–Kier alpha value is -3.72. The van der Waals surface area contributed by atoms with Crippen LogP contribution in [-0.2, 0) is 39.6 Å². The lowest BCUT2D eigenvalue weighted by molar-refractivity contribution is -0.136. The Labute approximate surface area is 284 Å². The van der Waals surface area contributed by atoms with Crippen LogP contribution in [-0.4, -0.2) is 39.5 Å². The van der Waals surface area contributed by atoms with Crippen LogP contribution in [0.4, 0.5) is 23.2 Å². The zero-order valence-corrected chi connectivity index (χ0v) is 28.3. The van der Waals surface area contributed by atoms with Crippen LogP contribution in [0.15, 0.2) is 59.0 Å². The third-order valence-electron chi connectivity index (χ3n) is 9.67. The molecule has 3 aromatic carbocycles. The largest absolute Gasteiger partial charge is 0.495 e. The molecule has 14 heteroatoms. The van der Waals surface area contributed by atoms with Crippen LogP contribution in [0, 0.1) is 5.82 Å². The van der Waals surface area contributed by atoms with Crippen LogP contribution in [0.25, 0.3) is 11.0 Å². The van der Waals surface area contributed by atoms with E-state index in [-0.39, 0.29) is 54.1 Å². The molecule has 0 bridgehead atoms. The van der Waals surface area contributed by atoms with E-state index < -0.39 is 53.1 Å². The van der Waals surface area contributed by atoms with E-state index in [9.17, 15) is 31.1 Å². The van der Waals surface area contributed by atoms with Gasteiger partial charge in [-0.05, 0) is 106 Å². The number of benzene rings is 3. The summed E-state index contributed by atoms with van der Waals surface area (Å²) in [7, 11) is -1.19. The smallest absolute Gasteiger partial charge is 0.460 e. The number of aryl methyl sites for hydroxylation is 1. The molecule has 6 rings (SSSR count). The first-order chi connectivity index (χ1) is 22.9. The van der Waals surface area contributed by atoms with Crippen LogP contribution < -0.4 is 15.5 Å². The minimum Gasteiger partial charge on any atom is -0.460 e. The molecule has 260 valence electrons. The number of amides is 1. The quantitative estimate of drug-likeness (QED) is 0.0987. The summed E-state index contributed by atoms with van der Waals surface area (Å²) in [5, 5.41) is 0.473. The maximum Gasteiger partial charge on any atom is 0.495 e. The van der Waals surface area contributed by atoms with E-state index in [0.29, 0.717) is 22.2 Å². The second-order valence-electron chi connectivity index (χ2n) is 13.7. The molecule has 1 aliphatic carbocycles. The molecule has 1 atom stereocenters. The van der Waals surface area contributed by atoms with Crippen molar-refractivity contribution in [3.05, 3.63) is 94.0 Å². The zero-order valence-electron chi connectivity index (χ0n) is 27.5. The highest BCUT2D eigenvalue weighted by molar-refractivity contribution is 7.80. The number of carbonyl (C=O) groups is 1. The standard InChI is InChI=1S/C35H37BF4N2O6S/c1-33(2)34(3,4)48-36(47-33)27-14-9-20(16-26(27)35(38,39)40)6-5-15-42(49(44)45)28-19-29-25(18-24(28)22-10-11-22)31(32(41)43)30(46-29)17-21-7-12-23(37)13-8-21/h7-9,12-14,16,18-19,22H,5-6,10-11,15,17H2,1-4H3,(H2,41,43)(H,44,45). The normalized spacial score (nSPS) is 17.9. The molecule has 1 unspecified atom stereocenters. The molecule has 49 heavy (non-hydrogen) atoms. The molecule has 1 saturated carbocycles. The van der Waals surface area contributed by atoms with Crippen LogP contribution in [0.2, 0.25) is 0 Å². The number of halogens is 4. The van der Waals surface area contributed by atoms with Gasteiger partial charge in [0.1, 0.15) is 17.2 Å². The van der Waals surface area contributed by atoms with Gasteiger partial charge in [-0.3, -0.25) is 13.7 Å². The molecule has 1 aromatic heterocycles. The zero-order chi connectivity index (χ0) is 35.5. The summed E-state index contributed by atoms with van der Waals surface area (Å²) in [4.78, 5) is 12.6. The number of hydrogen-bond acceptors (Lipinski definition) is 5. The van der Waals surface area contributed by atoms with Gasteiger partial charge in [0.25, 0.3) is 17.2 Å². The van der Waals surface area contributed by atoms with Crippen LogP contribution in [0.3, 0.4) is 0 Å². The SMILES string of the molecule is CC1(C)OB(c2ccc(CCCN(c3cc4oc(Cc5ccc(F)cc5)c(C(N)=O)c4cc3C3CC3)S(=O)O)cc2C(F)(F)F)OC1(C)C. The third-order valence-corrected chi connectivity index (χ3v) is 10.4. The molecule has 0 spiro atoms. The summed E-state index contributed by atoms with van der Waals surface area (Å²) in [5.41, 5.74) is 5.94. The summed E-state index contributed by atoms with van der Waals surface area (Å²) >= 11 is -2.48. The fraction of sp³-hybridized carbons (Fsp3) is 0.400. The predicted molar refractivity (Wildman–Crippen MR) is 180 cm³/mol. The van der Waals surface area contributed by atoms with Gasteiger partial charge < -0.3 is 19.5 Å². The Morgan fingerprint density at radius 2 is 1.65 bits per heavy atom. The molecule has 2 fully saturated rings. The van der Waals surface area contributed by atoms with Gasteiger partial charge in [0.15, 0.2) is 0 Å². The van der Waals surface area contributed by atoms with Gasteiger partial charge in [-0.15, -0.1) is 0 Å². The van der Waals surface area contributed by atoms with Crippen molar-refractivity contribution in [1.29, 1.82) is 0 Å². The molecule has 3 N–H and O–H groups in total. The Bertz CT molecular complexity index is 1910. The van der Waals surface area contributed by atoms with Crippen molar-refractivity contribution in [3.63, 3.8) is 0 Å². The number of nitrogens with zero attached hydrogens (tertiary/aromatic N) is 1. The van der Waals surface area contributed by atoms with Gasteiger partial charge in [0, 0.05) is 24.4 Å². The molecule has 1 amide bonds. The van der Waals surface area contributed by atoms with Gasteiger partial charge in [0.05, 0.1) is 28.0 Å². The summed E-state index contributed by atoms with van der Waals surface area (Å²) in [6.07, 6.45) is -2.37. The summed E-state index contributed by atoms with van der Waals surface area (Å²) in [5.74, 6) is -0.734. The van der Waals surface area contributed by atoms with E-state index in [1.54, 1.807) is 58.0 Å².